The quantitative estimate of drug-likeness (QED) is 0.885. The molecule has 0 aliphatic heterocycles. The van der Waals surface area contributed by atoms with E-state index >= 15 is 0 Å². The van der Waals surface area contributed by atoms with Crippen molar-refractivity contribution in [2.24, 2.45) is 5.73 Å². The molecule has 0 bridgehead atoms. The number of benzene rings is 1. The van der Waals surface area contributed by atoms with Crippen molar-refractivity contribution in [1.82, 2.24) is 0 Å². The van der Waals surface area contributed by atoms with Crippen LogP contribution in [0.3, 0.4) is 0 Å². The maximum Gasteiger partial charge on any atom is 0.258 e. The number of hydrogen-bond acceptors (Lipinski definition) is 4. The first-order valence-electron chi connectivity index (χ1n) is 6.35. The number of hydrogen-bond donors (Lipinski definition) is 1. The molecule has 0 aliphatic carbocycles. The van der Waals surface area contributed by atoms with Crippen LogP contribution in [-0.2, 0) is 0 Å². The minimum atomic E-state index is -0.0831. The Labute approximate surface area is 128 Å². The Bertz CT molecular complexity index is 698. The molecule has 5 heteroatoms. The summed E-state index contributed by atoms with van der Waals surface area (Å²) in [5.41, 5.74) is 6.73. The average Bonchev–Trinajstić information content (AvgIpc) is 3.00. The summed E-state index contributed by atoms with van der Waals surface area (Å²) < 4.78 is 5.17. The van der Waals surface area contributed by atoms with Gasteiger partial charge in [0.15, 0.2) is 0 Å². The van der Waals surface area contributed by atoms with Gasteiger partial charge >= 0.3 is 0 Å². The molecule has 1 aromatic heterocycles. The predicted molar refractivity (Wildman–Crippen MR) is 86.0 cm³/mol. The third kappa shape index (κ3) is 3.63. The Balaban J connectivity index is 2.20. The first kappa shape index (κ1) is 15.1. The molecule has 0 saturated carbocycles. The number of anilines is 1. The van der Waals surface area contributed by atoms with Crippen molar-refractivity contribution in [3.63, 3.8) is 0 Å². The van der Waals surface area contributed by atoms with Crippen LogP contribution in [0.1, 0.15) is 15.2 Å². The summed E-state index contributed by atoms with van der Waals surface area (Å²) in [6, 6.07) is 9.16. The van der Waals surface area contributed by atoms with Crippen LogP contribution in [0.2, 0.25) is 0 Å². The van der Waals surface area contributed by atoms with E-state index in [2.05, 4.69) is 11.8 Å². The van der Waals surface area contributed by atoms with Crippen LogP contribution in [-0.4, -0.2) is 26.6 Å². The van der Waals surface area contributed by atoms with Crippen LogP contribution >= 0.6 is 11.3 Å². The van der Waals surface area contributed by atoms with E-state index in [0.29, 0.717) is 17.9 Å². The van der Waals surface area contributed by atoms with Gasteiger partial charge in [-0.15, -0.1) is 11.3 Å². The summed E-state index contributed by atoms with van der Waals surface area (Å²) in [6.45, 7) is 0.310. The van der Waals surface area contributed by atoms with Gasteiger partial charge in [-0.2, -0.15) is 0 Å². The van der Waals surface area contributed by atoms with Gasteiger partial charge in [0.1, 0.15) is 5.75 Å². The number of methoxy groups -OCH3 is 1. The van der Waals surface area contributed by atoms with Crippen LogP contribution in [0.25, 0.3) is 0 Å². The van der Waals surface area contributed by atoms with Gasteiger partial charge in [0.05, 0.1) is 24.1 Å². The molecule has 0 atom stereocenters. The molecule has 21 heavy (non-hydrogen) atoms. The first-order valence-corrected chi connectivity index (χ1v) is 7.23. The Morgan fingerprint density at radius 2 is 2.24 bits per heavy atom. The molecule has 1 aromatic carbocycles. The van der Waals surface area contributed by atoms with Crippen molar-refractivity contribution < 1.29 is 9.53 Å². The van der Waals surface area contributed by atoms with Crippen molar-refractivity contribution in [3.8, 4) is 17.6 Å². The topological polar surface area (TPSA) is 55.6 Å². The summed E-state index contributed by atoms with van der Waals surface area (Å²) in [5.74, 6) is 6.34. The predicted octanol–water partition coefficient (Wildman–Crippen LogP) is 2.34. The van der Waals surface area contributed by atoms with Gasteiger partial charge in [-0.3, -0.25) is 4.79 Å². The van der Waals surface area contributed by atoms with Crippen LogP contribution in [0.15, 0.2) is 35.7 Å². The number of carbonyl (C=O) groups is 1. The number of thiophene rings is 1. The largest absolute Gasteiger partial charge is 0.497 e. The van der Waals surface area contributed by atoms with Crippen LogP contribution < -0.4 is 15.4 Å². The van der Waals surface area contributed by atoms with Gasteiger partial charge in [-0.05, 0) is 18.2 Å². The maximum atomic E-state index is 12.5. The van der Waals surface area contributed by atoms with Gasteiger partial charge in [0.2, 0.25) is 0 Å². The van der Waals surface area contributed by atoms with Crippen LogP contribution in [0, 0.1) is 11.8 Å². The molecule has 108 valence electrons. The van der Waals surface area contributed by atoms with E-state index in [4.69, 9.17) is 10.5 Å². The molecule has 0 aliphatic rings. The normalized spacial score (nSPS) is 9.67. The molecule has 2 aromatic rings. The Kier molecular flexibility index (Phi) is 4.99. The standard InChI is InChI=1S/C16H16N2O2S/c1-18(13-5-3-6-14(10-13)20-2)16(19)12-9-15(21-11-12)7-4-8-17/h3,5-6,9-11H,8,17H2,1-2H3. The lowest BCUT2D eigenvalue weighted by Crippen LogP contribution is -2.25. The number of nitrogens with two attached hydrogens (primary N) is 1. The van der Waals surface area contributed by atoms with Crippen molar-refractivity contribution in [2.75, 3.05) is 25.6 Å². The highest BCUT2D eigenvalue weighted by Crippen LogP contribution is 2.23. The fourth-order valence-electron chi connectivity index (χ4n) is 1.78. The van der Waals surface area contributed by atoms with Crippen molar-refractivity contribution >= 4 is 22.9 Å². The van der Waals surface area contributed by atoms with Gasteiger partial charge in [0, 0.05) is 24.2 Å². The molecule has 2 N–H and O–H groups in total. The van der Waals surface area contributed by atoms with E-state index < -0.39 is 0 Å². The van der Waals surface area contributed by atoms with Crippen LogP contribution in [0.4, 0.5) is 5.69 Å². The van der Waals surface area contributed by atoms with E-state index in [0.717, 1.165) is 10.6 Å². The first-order chi connectivity index (χ1) is 10.2. The monoisotopic (exact) mass is 300 g/mol. The van der Waals surface area contributed by atoms with E-state index in [1.807, 2.05) is 24.3 Å². The van der Waals surface area contributed by atoms with E-state index in [9.17, 15) is 4.79 Å². The van der Waals surface area contributed by atoms with Crippen molar-refractivity contribution in [3.05, 3.63) is 46.2 Å². The highest BCUT2D eigenvalue weighted by atomic mass is 32.1. The minimum absolute atomic E-state index is 0.0831. The van der Waals surface area contributed by atoms with Crippen molar-refractivity contribution in [2.45, 2.75) is 0 Å². The number of ether oxygens (including phenoxy) is 1. The second-order valence-electron chi connectivity index (χ2n) is 4.27. The molecule has 0 radical (unpaired) electrons. The number of nitrogens with zero attached hydrogens (tertiary/aromatic N) is 1. The summed E-state index contributed by atoms with van der Waals surface area (Å²) in [6.07, 6.45) is 0. The average molecular weight is 300 g/mol. The SMILES string of the molecule is COc1cccc(N(C)C(=O)c2csc(C#CCN)c2)c1. The fourth-order valence-corrected chi connectivity index (χ4v) is 2.53. The van der Waals surface area contributed by atoms with E-state index in [1.165, 1.54) is 11.3 Å². The minimum Gasteiger partial charge on any atom is -0.497 e. The lowest BCUT2D eigenvalue weighted by Gasteiger charge is -2.17. The molecule has 1 heterocycles. The van der Waals surface area contributed by atoms with Crippen molar-refractivity contribution in [1.29, 1.82) is 0 Å². The Morgan fingerprint density at radius 1 is 1.43 bits per heavy atom. The summed E-state index contributed by atoms with van der Waals surface area (Å²) in [5, 5.41) is 1.81. The van der Waals surface area contributed by atoms with Gasteiger partial charge in [-0.1, -0.05) is 17.9 Å². The zero-order valence-corrected chi connectivity index (χ0v) is 12.7. The Hall–Kier alpha value is -2.29. The molecule has 4 nitrogen and oxygen atoms in total. The molecular weight excluding hydrogens is 284 g/mol. The molecule has 0 spiro atoms. The zero-order valence-electron chi connectivity index (χ0n) is 11.9. The van der Waals surface area contributed by atoms with E-state index in [-0.39, 0.29) is 5.91 Å². The third-order valence-corrected chi connectivity index (χ3v) is 3.75. The molecular formula is C16H16N2O2S. The maximum absolute atomic E-state index is 12.5. The van der Waals surface area contributed by atoms with Gasteiger partial charge in [0.25, 0.3) is 5.91 Å². The number of amides is 1. The molecule has 0 unspecified atom stereocenters. The third-order valence-electron chi connectivity index (χ3n) is 2.91. The van der Waals surface area contributed by atoms with E-state index in [1.54, 1.807) is 30.5 Å². The number of carbonyl (C=O) groups excluding carboxylic acids is 1. The van der Waals surface area contributed by atoms with Gasteiger partial charge < -0.3 is 15.4 Å². The number of rotatable bonds is 3. The second-order valence-corrected chi connectivity index (χ2v) is 5.18. The highest BCUT2D eigenvalue weighted by Gasteiger charge is 2.15. The highest BCUT2D eigenvalue weighted by molar-refractivity contribution is 7.10. The second kappa shape index (κ2) is 6.93. The Morgan fingerprint density at radius 3 is 2.95 bits per heavy atom. The van der Waals surface area contributed by atoms with Crippen LogP contribution in [0.5, 0.6) is 5.75 Å². The molecule has 2 rings (SSSR count). The lowest BCUT2D eigenvalue weighted by atomic mass is 10.2. The summed E-state index contributed by atoms with van der Waals surface area (Å²) in [4.78, 5) is 14.9. The van der Waals surface area contributed by atoms with Gasteiger partial charge in [-0.25, -0.2) is 0 Å². The molecule has 1 amide bonds. The fraction of sp³-hybridized carbons (Fsp3) is 0.188. The lowest BCUT2D eigenvalue weighted by molar-refractivity contribution is 0.0993. The summed E-state index contributed by atoms with van der Waals surface area (Å²) in [7, 11) is 3.34. The summed E-state index contributed by atoms with van der Waals surface area (Å²) >= 11 is 1.44. The smallest absolute Gasteiger partial charge is 0.258 e. The zero-order chi connectivity index (χ0) is 15.2. The molecule has 0 fully saturated rings. The molecule has 0 saturated heterocycles.